The van der Waals surface area contributed by atoms with Crippen LogP contribution in [0.3, 0.4) is 0 Å². The molecule has 0 heterocycles. The molecule has 0 unspecified atom stereocenters. The van der Waals surface area contributed by atoms with Gasteiger partial charge in [0.15, 0.2) is 5.82 Å². The van der Waals surface area contributed by atoms with Crippen LogP contribution in [0.4, 0.5) is 4.39 Å². The zero-order chi connectivity index (χ0) is 7.72. The standard InChI is InChI=1S/C6H2BrClFI/c7-3-1-2-4(10)5(8)6(3)9/h1-2H. The summed E-state index contributed by atoms with van der Waals surface area (Å²) in [4.78, 5) is 0. The van der Waals surface area contributed by atoms with Crippen LogP contribution < -0.4 is 0 Å². The first-order valence-electron chi connectivity index (χ1n) is 2.42. The van der Waals surface area contributed by atoms with Gasteiger partial charge in [-0.05, 0) is 50.7 Å². The minimum Gasteiger partial charge on any atom is -0.204 e. The van der Waals surface area contributed by atoms with E-state index in [0.717, 1.165) is 3.57 Å². The third-order valence-corrected chi connectivity index (χ3v) is 3.19. The van der Waals surface area contributed by atoms with Gasteiger partial charge in [-0.2, -0.15) is 0 Å². The molecule has 0 bridgehead atoms. The lowest BCUT2D eigenvalue weighted by Crippen LogP contribution is -1.82. The molecule has 0 aromatic heterocycles. The van der Waals surface area contributed by atoms with Gasteiger partial charge in [0.2, 0.25) is 0 Å². The first kappa shape index (κ1) is 8.74. The van der Waals surface area contributed by atoms with Crippen molar-refractivity contribution >= 4 is 50.1 Å². The van der Waals surface area contributed by atoms with E-state index in [-0.39, 0.29) is 5.02 Å². The van der Waals surface area contributed by atoms with E-state index < -0.39 is 5.82 Å². The maximum absolute atomic E-state index is 12.8. The van der Waals surface area contributed by atoms with Crippen LogP contribution in [-0.4, -0.2) is 0 Å². The number of rotatable bonds is 0. The summed E-state index contributed by atoms with van der Waals surface area (Å²) in [5.41, 5.74) is 0. The maximum atomic E-state index is 12.8. The summed E-state index contributed by atoms with van der Waals surface area (Å²) in [6, 6.07) is 3.37. The minimum absolute atomic E-state index is 0.176. The zero-order valence-corrected chi connectivity index (χ0v) is 9.17. The van der Waals surface area contributed by atoms with E-state index in [9.17, 15) is 4.39 Å². The van der Waals surface area contributed by atoms with E-state index in [0.29, 0.717) is 4.47 Å². The van der Waals surface area contributed by atoms with E-state index >= 15 is 0 Å². The molecule has 0 atom stereocenters. The van der Waals surface area contributed by atoms with Crippen LogP contribution in [0.2, 0.25) is 5.02 Å². The summed E-state index contributed by atoms with van der Waals surface area (Å²) in [6.07, 6.45) is 0. The fourth-order valence-corrected chi connectivity index (χ4v) is 1.53. The van der Waals surface area contributed by atoms with Gasteiger partial charge >= 0.3 is 0 Å². The molecular formula is C6H2BrClFI. The lowest BCUT2D eigenvalue weighted by atomic mass is 10.3. The van der Waals surface area contributed by atoms with Crippen molar-refractivity contribution in [2.24, 2.45) is 0 Å². The van der Waals surface area contributed by atoms with Gasteiger partial charge in [0, 0.05) is 3.57 Å². The highest BCUT2D eigenvalue weighted by molar-refractivity contribution is 14.1. The van der Waals surface area contributed by atoms with Crippen molar-refractivity contribution < 1.29 is 4.39 Å². The summed E-state index contributed by atoms with van der Waals surface area (Å²) >= 11 is 10.6. The van der Waals surface area contributed by atoms with Gasteiger partial charge in [-0.15, -0.1) is 0 Å². The van der Waals surface area contributed by atoms with Crippen molar-refractivity contribution in [3.63, 3.8) is 0 Å². The van der Waals surface area contributed by atoms with Crippen LogP contribution >= 0.6 is 50.1 Å². The van der Waals surface area contributed by atoms with Crippen LogP contribution in [0, 0.1) is 9.39 Å². The van der Waals surface area contributed by atoms with Crippen LogP contribution in [-0.2, 0) is 0 Å². The second-order valence-electron chi connectivity index (χ2n) is 1.66. The van der Waals surface area contributed by atoms with Gasteiger partial charge in [-0.3, -0.25) is 0 Å². The summed E-state index contributed by atoms with van der Waals surface area (Å²) in [7, 11) is 0. The molecule has 0 N–H and O–H groups in total. The summed E-state index contributed by atoms with van der Waals surface area (Å²) in [5, 5.41) is 0.176. The number of hydrogen-bond acceptors (Lipinski definition) is 0. The van der Waals surface area contributed by atoms with Crippen molar-refractivity contribution in [2.75, 3.05) is 0 Å². The molecule has 0 radical (unpaired) electrons. The van der Waals surface area contributed by atoms with Gasteiger partial charge in [0.05, 0.1) is 9.50 Å². The largest absolute Gasteiger partial charge is 0.204 e. The van der Waals surface area contributed by atoms with Crippen LogP contribution in [0.25, 0.3) is 0 Å². The lowest BCUT2D eigenvalue weighted by molar-refractivity contribution is 0.620. The van der Waals surface area contributed by atoms with Crippen LogP contribution in [0.1, 0.15) is 0 Å². The minimum atomic E-state index is -0.395. The molecule has 0 fully saturated rings. The van der Waals surface area contributed by atoms with E-state index in [2.05, 4.69) is 15.9 Å². The predicted octanol–water partition coefficient (Wildman–Crippen LogP) is 3.85. The highest BCUT2D eigenvalue weighted by Gasteiger charge is 2.06. The average Bonchev–Trinajstić information content (AvgIpc) is 1.93. The van der Waals surface area contributed by atoms with Gasteiger partial charge in [0.1, 0.15) is 0 Å². The first-order chi connectivity index (χ1) is 4.63. The molecule has 0 amide bonds. The van der Waals surface area contributed by atoms with Crippen LogP contribution in [0.15, 0.2) is 16.6 Å². The Labute approximate surface area is 85.0 Å². The first-order valence-corrected chi connectivity index (χ1v) is 4.67. The smallest absolute Gasteiger partial charge is 0.157 e. The van der Waals surface area contributed by atoms with Crippen molar-refractivity contribution in [3.05, 3.63) is 31.0 Å². The molecule has 1 aromatic rings. The molecule has 0 aliphatic carbocycles. The Morgan fingerprint density at radius 3 is 2.60 bits per heavy atom. The predicted molar refractivity (Wildman–Crippen MR) is 51.8 cm³/mol. The molecular weight excluding hydrogens is 333 g/mol. The monoisotopic (exact) mass is 334 g/mol. The van der Waals surface area contributed by atoms with Gasteiger partial charge < -0.3 is 0 Å². The number of halogens is 4. The van der Waals surface area contributed by atoms with Gasteiger partial charge in [-0.25, -0.2) is 4.39 Å². The highest BCUT2D eigenvalue weighted by atomic mass is 127. The van der Waals surface area contributed by atoms with Gasteiger partial charge in [0.25, 0.3) is 0 Å². The normalized spacial score (nSPS) is 10.0. The van der Waals surface area contributed by atoms with E-state index in [4.69, 9.17) is 11.6 Å². The van der Waals surface area contributed by atoms with Crippen molar-refractivity contribution in [3.8, 4) is 0 Å². The Morgan fingerprint density at radius 2 is 2.10 bits per heavy atom. The highest BCUT2D eigenvalue weighted by Crippen LogP contribution is 2.27. The Morgan fingerprint density at radius 1 is 1.50 bits per heavy atom. The molecule has 54 valence electrons. The summed E-state index contributed by atoms with van der Waals surface area (Å²) in [5.74, 6) is -0.395. The van der Waals surface area contributed by atoms with E-state index in [1.807, 2.05) is 22.6 Å². The Hall–Kier alpha value is 0.650. The summed E-state index contributed by atoms with van der Waals surface area (Å²) in [6.45, 7) is 0. The second kappa shape index (κ2) is 3.36. The molecule has 4 heteroatoms. The SMILES string of the molecule is Fc1c(Br)ccc(I)c1Cl. The molecule has 1 aromatic carbocycles. The quantitative estimate of drug-likeness (QED) is 0.384. The summed E-state index contributed by atoms with van der Waals surface area (Å²) < 4.78 is 13.9. The molecule has 0 aliphatic heterocycles. The third kappa shape index (κ3) is 1.62. The molecule has 1 rings (SSSR count). The maximum Gasteiger partial charge on any atom is 0.157 e. The van der Waals surface area contributed by atoms with Crippen molar-refractivity contribution in [1.82, 2.24) is 0 Å². The van der Waals surface area contributed by atoms with Crippen LogP contribution in [0.5, 0.6) is 0 Å². The van der Waals surface area contributed by atoms with Gasteiger partial charge in [-0.1, -0.05) is 11.6 Å². The Balaban J connectivity index is 3.34. The van der Waals surface area contributed by atoms with Crippen molar-refractivity contribution in [1.29, 1.82) is 0 Å². The number of hydrogen-bond donors (Lipinski definition) is 0. The lowest BCUT2D eigenvalue weighted by Gasteiger charge is -1.97. The average molecular weight is 335 g/mol. The molecule has 10 heavy (non-hydrogen) atoms. The van der Waals surface area contributed by atoms with Crippen molar-refractivity contribution in [2.45, 2.75) is 0 Å². The molecule has 0 aliphatic rings. The zero-order valence-electron chi connectivity index (χ0n) is 4.67. The molecule has 0 saturated heterocycles. The topological polar surface area (TPSA) is 0 Å². The van der Waals surface area contributed by atoms with E-state index in [1.165, 1.54) is 0 Å². The third-order valence-electron chi connectivity index (χ3n) is 0.988. The Bertz CT molecular complexity index is 237. The number of benzene rings is 1. The fourth-order valence-electron chi connectivity index (χ4n) is 0.502. The Kier molecular flexibility index (Phi) is 2.94. The molecule has 0 nitrogen and oxygen atoms in total. The molecule has 0 saturated carbocycles. The van der Waals surface area contributed by atoms with E-state index in [1.54, 1.807) is 12.1 Å². The molecule has 0 spiro atoms. The second-order valence-corrected chi connectivity index (χ2v) is 4.05. The fraction of sp³-hybridized carbons (Fsp3) is 0.